The lowest BCUT2D eigenvalue weighted by Crippen LogP contribution is -2.74. The van der Waals surface area contributed by atoms with Crippen LogP contribution in [0.4, 0.5) is 5.82 Å². The average molecular weight is 409 g/mol. The van der Waals surface area contributed by atoms with Crippen LogP contribution in [-0.4, -0.2) is 52.1 Å². The summed E-state index contributed by atoms with van der Waals surface area (Å²) < 4.78 is 12.5. The Morgan fingerprint density at radius 2 is 2.07 bits per heavy atom. The molecule has 4 unspecified atom stereocenters. The fourth-order valence-corrected chi connectivity index (χ4v) is 4.21. The summed E-state index contributed by atoms with van der Waals surface area (Å²) in [5.41, 5.74) is 4.50. The topological polar surface area (TPSA) is 96.9 Å². The van der Waals surface area contributed by atoms with Crippen LogP contribution in [0.5, 0.6) is 0 Å². The first kappa shape index (κ1) is 19.1. The van der Waals surface area contributed by atoms with E-state index in [1.54, 1.807) is 25.1 Å². The van der Waals surface area contributed by atoms with Crippen molar-refractivity contribution in [1.29, 1.82) is 0 Å². The Hall–Kier alpha value is -2.88. The Morgan fingerprint density at radius 1 is 1.30 bits per heavy atom. The molecule has 1 spiro atoms. The first-order valence-electron chi connectivity index (χ1n) is 10.1. The van der Waals surface area contributed by atoms with Crippen LogP contribution >= 0.6 is 0 Å². The molecule has 2 aromatic rings. The quantitative estimate of drug-likeness (QED) is 0.798. The smallest absolute Gasteiger partial charge is 0.304 e. The van der Waals surface area contributed by atoms with Crippen LogP contribution < -0.4 is 10.3 Å². The van der Waals surface area contributed by atoms with Crippen molar-refractivity contribution in [2.75, 3.05) is 11.9 Å². The summed E-state index contributed by atoms with van der Waals surface area (Å²) in [6.07, 6.45) is 0.760. The molecule has 30 heavy (non-hydrogen) atoms. The second kappa shape index (κ2) is 6.83. The maximum Gasteiger partial charge on any atom is 0.304 e. The van der Waals surface area contributed by atoms with Crippen molar-refractivity contribution >= 4 is 17.5 Å². The SMILES string of the molecule is CCC(=O)N1NC2CC(=O)C3OC1(OC2C)c1cnc(-c2ccccc2)nc1N3C. The Labute approximate surface area is 174 Å². The summed E-state index contributed by atoms with van der Waals surface area (Å²) in [6, 6.07) is 9.25. The van der Waals surface area contributed by atoms with E-state index in [0.717, 1.165) is 5.56 Å². The first-order chi connectivity index (χ1) is 14.4. The number of fused-ring (bicyclic) bond motifs is 4. The maximum atomic E-state index is 13.0. The van der Waals surface area contributed by atoms with Gasteiger partial charge < -0.3 is 9.64 Å². The third kappa shape index (κ3) is 2.66. The number of ketones is 1. The van der Waals surface area contributed by atoms with E-state index in [-0.39, 0.29) is 36.7 Å². The zero-order valence-electron chi connectivity index (χ0n) is 17.0. The number of nitrogens with one attached hydrogen (secondary N) is 1. The molecule has 3 fully saturated rings. The highest BCUT2D eigenvalue weighted by Crippen LogP contribution is 2.47. The predicted octanol–water partition coefficient (Wildman–Crippen LogP) is 1.55. The number of carbonyl (C=O) groups excluding carboxylic acids is 2. The number of benzene rings is 1. The van der Waals surface area contributed by atoms with Crippen molar-refractivity contribution < 1.29 is 19.1 Å². The number of ether oxygens (including phenoxy) is 2. The van der Waals surface area contributed by atoms with Crippen molar-refractivity contribution in [2.24, 2.45) is 0 Å². The molecular weight excluding hydrogens is 386 g/mol. The van der Waals surface area contributed by atoms with E-state index in [4.69, 9.17) is 14.5 Å². The van der Waals surface area contributed by atoms with Gasteiger partial charge in [-0.3, -0.25) is 14.3 Å². The third-order valence-electron chi connectivity index (χ3n) is 5.85. The number of anilines is 1. The summed E-state index contributed by atoms with van der Waals surface area (Å²) in [5.74, 6) is -0.895. The van der Waals surface area contributed by atoms with Crippen LogP contribution in [0, 0.1) is 0 Å². The van der Waals surface area contributed by atoms with Crippen LogP contribution in [0.1, 0.15) is 32.3 Å². The van der Waals surface area contributed by atoms with Gasteiger partial charge in [-0.1, -0.05) is 37.3 Å². The van der Waals surface area contributed by atoms with E-state index in [9.17, 15) is 9.59 Å². The summed E-state index contributed by atoms with van der Waals surface area (Å²) in [4.78, 5) is 36.8. The highest BCUT2D eigenvalue weighted by Gasteiger charge is 2.60. The van der Waals surface area contributed by atoms with Crippen molar-refractivity contribution in [3.63, 3.8) is 0 Å². The van der Waals surface area contributed by atoms with E-state index in [1.165, 1.54) is 5.01 Å². The van der Waals surface area contributed by atoms with Crippen molar-refractivity contribution in [1.82, 2.24) is 20.4 Å². The second-order valence-electron chi connectivity index (χ2n) is 7.77. The Kier molecular flexibility index (Phi) is 4.35. The fraction of sp³-hybridized carbons (Fsp3) is 0.429. The summed E-state index contributed by atoms with van der Waals surface area (Å²) in [5, 5.41) is 1.37. The largest absolute Gasteiger partial charge is 0.327 e. The molecule has 9 nitrogen and oxygen atoms in total. The van der Waals surface area contributed by atoms with Gasteiger partial charge in [-0.25, -0.2) is 20.4 Å². The van der Waals surface area contributed by atoms with Gasteiger partial charge in [-0.15, -0.1) is 0 Å². The van der Waals surface area contributed by atoms with Gasteiger partial charge >= 0.3 is 5.91 Å². The first-order valence-corrected chi connectivity index (χ1v) is 10.1. The molecule has 4 atom stereocenters. The van der Waals surface area contributed by atoms with Crippen molar-refractivity contribution in [2.45, 2.75) is 51.0 Å². The molecule has 9 heteroatoms. The van der Waals surface area contributed by atoms with Gasteiger partial charge in [0.1, 0.15) is 5.82 Å². The lowest BCUT2D eigenvalue weighted by molar-refractivity contribution is -0.390. The standard InChI is InChI=1S/C21H23N5O4/c1-4-17(28)26-21-14-11-22-18(13-8-6-5-7-9-13)23-19(14)25(3)20(30-21)16(27)10-15(24-26)12(2)29-21/h5-9,11-12,15,20,24H,4,10H2,1-3H3. The summed E-state index contributed by atoms with van der Waals surface area (Å²) in [6.45, 7) is 3.63. The number of likely N-dealkylation sites (N-methyl/N-ethyl adjacent to an activating group) is 1. The number of Topliss-reactive ketones (excluding diaryl/α,β-unsaturated/α-hetero) is 1. The highest BCUT2D eigenvalue weighted by molar-refractivity contribution is 5.88. The van der Waals surface area contributed by atoms with Gasteiger partial charge in [0.25, 0.3) is 0 Å². The number of carbonyl (C=O) groups is 2. The van der Waals surface area contributed by atoms with Gasteiger partial charge in [0.05, 0.1) is 17.7 Å². The van der Waals surface area contributed by atoms with Crippen LogP contribution in [0.25, 0.3) is 11.4 Å². The molecule has 0 aliphatic carbocycles. The van der Waals surface area contributed by atoms with Crippen LogP contribution in [-0.2, 0) is 25.0 Å². The van der Waals surface area contributed by atoms with Gasteiger partial charge in [0.15, 0.2) is 17.8 Å². The Balaban J connectivity index is 1.72. The fourth-order valence-electron chi connectivity index (χ4n) is 4.21. The van der Waals surface area contributed by atoms with E-state index >= 15 is 0 Å². The third-order valence-corrected chi connectivity index (χ3v) is 5.85. The minimum atomic E-state index is -1.61. The second-order valence-corrected chi connectivity index (χ2v) is 7.77. The van der Waals surface area contributed by atoms with Gasteiger partial charge in [0, 0.05) is 31.6 Å². The normalized spacial score (nSPS) is 30.0. The minimum absolute atomic E-state index is 0.0938. The van der Waals surface area contributed by atoms with E-state index in [2.05, 4.69) is 10.4 Å². The van der Waals surface area contributed by atoms with Gasteiger partial charge in [-0.05, 0) is 6.92 Å². The van der Waals surface area contributed by atoms with E-state index in [1.807, 2.05) is 37.3 Å². The summed E-state index contributed by atoms with van der Waals surface area (Å²) >= 11 is 0. The molecule has 4 aliphatic heterocycles. The zero-order valence-corrected chi connectivity index (χ0v) is 17.0. The number of nitrogens with zero attached hydrogens (tertiary/aromatic N) is 4. The lowest BCUT2D eigenvalue weighted by atomic mass is 9.98. The van der Waals surface area contributed by atoms with E-state index in [0.29, 0.717) is 17.2 Å². The Bertz CT molecular complexity index is 1020. The molecule has 156 valence electrons. The molecule has 5 heterocycles. The molecule has 1 aromatic carbocycles. The van der Waals surface area contributed by atoms with Crippen molar-refractivity contribution in [3.05, 3.63) is 42.1 Å². The number of hydrazine groups is 1. The summed E-state index contributed by atoms with van der Waals surface area (Å²) in [7, 11) is 1.76. The highest BCUT2D eigenvalue weighted by atomic mass is 16.7. The minimum Gasteiger partial charge on any atom is -0.327 e. The lowest BCUT2D eigenvalue weighted by Gasteiger charge is -2.56. The molecule has 1 N–H and O–H groups in total. The van der Waals surface area contributed by atoms with Gasteiger partial charge in [-0.2, -0.15) is 0 Å². The molecule has 1 amide bonds. The van der Waals surface area contributed by atoms with Crippen molar-refractivity contribution in [3.8, 4) is 11.4 Å². The number of aromatic nitrogens is 2. The number of hydrogen-bond acceptors (Lipinski definition) is 8. The van der Waals surface area contributed by atoms with E-state index < -0.39 is 12.1 Å². The zero-order chi connectivity index (χ0) is 21.0. The molecule has 3 saturated heterocycles. The molecule has 6 rings (SSSR count). The average Bonchev–Trinajstić information content (AvgIpc) is 2.76. The maximum absolute atomic E-state index is 13.0. The number of amides is 1. The molecule has 1 aromatic heterocycles. The molecular formula is C21H23N5O4. The monoisotopic (exact) mass is 409 g/mol. The van der Waals surface area contributed by atoms with Crippen LogP contribution in [0.15, 0.2) is 36.5 Å². The molecule has 3 bridgehead atoms. The Morgan fingerprint density at radius 3 is 2.80 bits per heavy atom. The number of rotatable bonds is 2. The molecule has 0 radical (unpaired) electrons. The van der Waals surface area contributed by atoms with Gasteiger partial charge in [0.2, 0.25) is 5.91 Å². The van der Waals surface area contributed by atoms with Crippen LogP contribution in [0.3, 0.4) is 0 Å². The molecule has 4 aliphatic rings. The molecule has 0 saturated carbocycles. The number of hydrogen-bond donors (Lipinski definition) is 1. The predicted molar refractivity (Wildman–Crippen MR) is 107 cm³/mol. The van der Waals surface area contributed by atoms with Crippen LogP contribution in [0.2, 0.25) is 0 Å².